The average molecular weight is 447 g/mol. The summed E-state index contributed by atoms with van der Waals surface area (Å²) < 4.78 is 3.81. The van der Waals surface area contributed by atoms with Crippen LogP contribution in [0.2, 0.25) is 0 Å². The predicted octanol–water partition coefficient (Wildman–Crippen LogP) is 3.29. The number of aromatic nitrogens is 3. The quantitative estimate of drug-likeness (QED) is 0.610. The number of carbonyl (C=O) groups is 1. The number of rotatable bonds is 5. The van der Waals surface area contributed by atoms with E-state index in [1.807, 2.05) is 50.7 Å². The molecule has 0 atom stereocenters. The molecule has 0 spiro atoms. The molecule has 0 saturated heterocycles. The maximum absolute atomic E-state index is 12.6. The van der Waals surface area contributed by atoms with E-state index in [4.69, 9.17) is 0 Å². The lowest BCUT2D eigenvalue weighted by atomic mass is 10.2. The van der Waals surface area contributed by atoms with Crippen molar-refractivity contribution in [2.45, 2.75) is 18.4 Å². The molecule has 8 heteroatoms. The van der Waals surface area contributed by atoms with Crippen LogP contribution >= 0.6 is 27.7 Å². The van der Waals surface area contributed by atoms with Gasteiger partial charge in [0.2, 0.25) is 5.43 Å². The largest absolute Gasteiger partial charge is 0.348 e. The molecule has 0 fully saturated rings. The number of carbonyl (C=O) groups excluding carboxylic acids is 1. The van der Waals surface area contributed by atoms with E-state index in [1.165, 1.54) is 0 Å². The summed E-state index contributed by atoms with van der Waals surface area (Å²) in [5.41, 5.74) is 2.20. The highest BCUT2D eigenvalue weighted by molar-refractivity contribution is 9.10. The Labute approximate surface area is 169 Å². The van der Waals surface area contributed by atoms with E-state index in [0.29, 0.717) is 16.7 Å². The molecular weight excluding hydrogens is 428 g/mol. The highest BCUT2D eigenvalue weighted by Crippen LogP contribution is 2.18. The molecule has 3 aromatic rings. The summed E-state index contributed by atoms with van der Waals surface area (Å²) >= 11 is 4.98. The Morgan fingerprint density at radius 2 is 1.96 bits per heavy atom. The highest BCUT2D eigenvalue weighted by atomic mass is 79.9. The van der Waals surface area contributed by atoms with Crippen molar-refractivity contribution in [2.24, 2.45) is 7.05 Å². The first kappa shape index (κ1) is 19.4. The number of nitrogens with zero attached hydrogens (tertiary/aromatic N) is 3. The third-order valence-electron chi connectivity index (χ3n) is 4.21. The Morgan fingerprint density at radius 1 is 1.26 bits per heavy atom. The number of nitrogens with one attached hydrogen (secondary N) is 1. The number of amides is 1. The van der Waals surface area contributed by atoms with Crippen LogP contribution in [-0.4, -0.2) is 26.5 Å². The summed E-state index contributed by atoms with van der Waals surface area (Å²) in [4.78, 5) is 26.4. The normalized spacial score (nSPS) is 10.8. The van der Waals surface area contributed by atoms with Crippen LogP contribution in [0.25, 0.3) is 5.69 Å². The third-order valence-corrected chi connectivity index (χ3v) is 5.88. The molecule has 2 heterocycles. The van der Waals surface area contributed by atoms with E-state index in [-0.39, 0.29) is 11.0 Å². The molecule has 1 aromatic carbocycles. The van der Waals surface area contributed by atoms with Gasteiger partial charge in [-0.05, 0) is 46.8 Å². The van der Waals surface area contributed by atoms with Crippen molar-refractivity contribution in [3.05, 3.63) is 74.4 Å². The van der Waals surface area contributed by atoms with Crippen molar-refractivity contribution in [2.75, 3.05) is 6.26 Å². The highest BCUT2D eigenvalue weighted by Gasteiger charge is 2.17. The second-order valence-electron chi connectivity index (χ2n) is 6.04. The van der Waals surface area contributed by atoms with Crippen LogP contribution in [0.15, 0.2) is 57.0 Å². The molecule has 0 aliphatic heterocycles. The summed E-state index contributed by atoms with van der Waals surface area (Å²) in [5, 5.41) is 6.97. The van der Waals surface area contributed by atoms with E-state index in [0.717, 1.165) is 16.1 Å². The molecule has 27 heavy (non-hydrogen) atoms. The third kappa shape index (κ3) is 4.17. The van der Waals surface area contributed by atoms with Crippen molar-refractivity contribution >= 4 is 33.6 Å². The molecule has 6 nitrogen and oxygen atoms in total. The van der Waals surface area contributed by atoms with Crippen molar-refractivity contribution in [3.8, 4) is 5.69 Å². The minimum Gasteiger partial charge on any atom is -0.348 e. The van der Waals surface area contributed by atoms with Crippen molar-refractivity contribution in [1.82, 2.24) is 19.7 Å². The van der Waals surface area contributed by atoms with E-state index < -0.39 is 5.91 Å². The molecule has 140 valence electrons. The Morgan fingerprint density at radius 3 is 2.56 bits per heavy atom. The number of thioether (sulfide) groups is 1. The Hall–Kier alpha value is -2.32. The van der Waals surface area contributed by atoms with Gasteiger partial charge in [0, 0.05) is 36.6 Å². The van der Waals surface area contributed by atoms with Crippen LogP contribution in [0, 0.1) is 6.92 Å². The fourth-order valence-electron chi connectivity index (χ4n) is 2.66. The van der Waals surface area contributed by atoms with Gasteiger partial charge in [0.15, 0.2) is 0 Å². The van der Waals surface area contributed by atoms with Crippen molar-refractivity contribution < 1.29 is 4.79 Å². The maximum Gasteiger partial charge on any atom is 0.257 e. The van der Waals surface area contributed by atoms with E-state index >= 15 is 0 Å². The summed E-state index contributed by atoms with van der Waals surface area (Å²) in [6.07, 6.45) is 7.07. The molecule has 1 N–H and O–H groups in total. The van der Waals surface area contributed by atoms with Gasteiger partial charge >= 0.3 is 0 Å². The van der Waals surface area contributed by atoms with E-state index in [2.05, 4.69) is 26.3 Å². The average Bonchev–Trinajstić information content (AvgIpc) is 3.11. The number of pyridine rings is 1. The van der Waals surface area contributed by atoms with Crippen LogP contribution in [0.4, 0.5) is 0 Å². The summed E-state index contributed by atoms with van der Waals surface area (Å²) in [6, 6.07) is 7.93. The lowest BCUT2D eigenvalue weighted by Crippen LogP contribution is -2.30. The zero-order valence-corrected chi connectivity index (χ0v) is 17.6. The maximum atomic E-state index is 12.6. The molecule has 0 aliphatic rings. The predicted molar refractivity (Wildman–Crippen MR) is 111 cm³/mol. The first-order valence-electron chi connectivity index (χ1n) is 8.22. The van der Waals surface area contributed by atoms with E-state index in [1.54, 1.807) is 33.4 Å². The molecular formula is C19H19BrN4O2S. The first-order valence-corrected chi connectivity index (χ1v) is 10.2. The lowest BCUT2D eigenvalue weighted by molar-refractivity contribution is 0.0949. The fraction of sp³-hybridized carbons (Fsp3) is 0.211. The van der Waals surface area contributed by atoms with Crippen molar-refractivity contribution in [3.63, 3.8) is 0 Å². The second kappa shape index (κ2) is 8.14. The zero-order chi connectivity index (χ0) is 19.6. The van der Waals surface area contributed by atoms with Crippen LogP contribution < -0.4 is 10.7 Å². The number of benzene rings is 1. The molecule has 1 amide bonds. The minimum atomic E-state index is -0.410. The molecule has 0 unspecified atom stereocenters. The molecule has 0 aliphatic carbocycles. The van der Waals surface area contributed by atoms with Crippen molar-refractivity contribution in [1.29, 1.82) is 0 Å². The summed E-state index contributed by atoms with van der Waals surface area (Å²) in [7, 11) is 1.81. The minimum absolute atomic E-state index is 0.0806. The van der Waals surface area contributed by atoms with Gasteiger partial charge in [-0.1, -0.05) is 12.1 Å². The SMILES string of the molecule is CSc1ccc(CNC(=O)c2cn(-c3cnn(C)c3)c(C)c(Br)c2=O)cc1. The smallest absolute Gasteiger partial charge is 0.257 e. The van der Waals surface area contributed by atoms with Gasteiger partial charge in [0.25, 0.3) is 5.91 Å². The second-order valence-corrected chi connectivity index (χ2v) is 7.72. The van der Waals surface area contributed by atoms with Gasteiger partial charge < -0.3 is 9.88 Å². The van der Waals surface area contributed by atoms with Gasteiger partial charge in [0.05, 0.1) is 16.4 Å². The molecule has 0 radical (unpaired) electrons. The standard InChI is InChI=1S/C19H19BrN4O2S/c1-12-17(20)18(25)16(11-24(12)14-9-22-23(2)10-14)19(26)21-8-13-4-6-15(27-3)7-5-13/h4-7,9-11H,8H2,1-3H3,(H,21,26). The first-order chi connectivity index (χ1) is 12.9. The lowest BCUT2D eigenvalue weighted by Gasteiger charge is -2.13. The van der Waals surface area contributed by atoms with Crippen LogP contribution in [0.1, 0.15) is 21.6 Å². The van der Waals surface area contributed by atoms with Gasteiger partial charge in [-0.3, -0.25) is 14.3 Å². The number of aryl methyl sites for hydroxylation is 1. The van der Waals surface area contributed by atoms with Crippen LogP contribution in [0.3, 0.4) is 0 Å². The number of hydrogen-bond donors (Lipinski definition) is 1. The summed E-state index contributed by atoms with van der Waals surface area (Å²) in [6.45, 7) is 2.17. The number of hydrogen-bond acceptors (Lipinski definition) is 4. The van der Waals surface area contributed by atoms with E-state index in [9.17, 15) is 9.59 Å². The van der Waals surface area contributed by atoms with Gasteiger partial charge in [0.1, 0.15) is 5.56 Å². The number of halogens is 1. The monoisotopic (exact) mass is 446 g/mol. The molecule has 0 saturated carbocycles. The molecule has 0 bridgehead atoms. The fourth-order valence-corrected chi connectivity index (χ4v) is 3.47. The Balaban J connectivity index is 1.87. The Bertz CT molecular complexity index is 1040. The van der Waals surface area contributed by atoms with Gasteiger partial charge in [-0.25, -0.2) is 0 Å². The van der Waals surface area contributed by atoms with Crippen LogP contribution in [0.5, 0.6) is 0 Å². The van der Waals surface area contributed by atoms with Gasteiger partial charge in [-0.2, -0.15) is 5.10 Å². The molecule has 3 rings (SSSR count). The summed E-state index contributed by atoms with van der Waals surface area (Å²) in [5.74, 6) is -0.410. The van der Waals surface area contributed by atoms with Crippen LogP contribution in [-0.2, 0) is 13.6 Å². The zero-order valence-electron chi connectivity index (χ0n) is 15.2. The van der Waals surface area contributed by atoms with Gasteiger partial charge in [-0.15, -0.1) is 11.8 Å². The topological polar surface area (TPSA) is 68.9 Å². The molecule has 2 aromatic heterocycles. The Kier molecular flexibility index (Phi) is 5.86.